The van der Waals surface area contributed by atoms with Crippen molar-refractivity contribution in [2.75, 3.05) is 0 Å². The summed E-state index contributed by atoms with van der Waals surface area (Å²) in [5.74, 6) is -5.17. The molecule has 4 rings (SSSR count). The van der Waals surface area contributed by atoms with Gasteiger partial charge in [-0.1, -0.05) is 0 Å². The van der Waals surface area contributed by atoms with Crippen LogP contribution in [0.5, 0.6) is 0 Å². The zero-order chi connectivity index (χ0) is 23.9. The van der Waals surface area contributed by atoms with Gasteiger partial charge in [0.15, 0.2) is 11.6 Å². The second-order valence-electron chi connectivity index (χ2n) is 7.56. The van der Waals surface area contributed by atoms with E-state index in [0.717, 1.165) is 4.68 Å². The van der Waals surface area contributed by atoms with Crippen molar-refractivity contribution < 1.29 is 27.5 Å². The van der Waals surface area contributed by atoms with Crippen molar-refractivity contribution in [3.63, 3.8) is 0 Å². The lowest BCUT2D eigenvalue weighted by molar-refractivity contribution is -0.137. The Morgan fingerprint density at radius 3 is 2.45 bits per heavy atom. The van der Waals surface area contributed by atoms with E-state index in [9.17, 15) is 32.3 Å². The van der Waals surface area contributed by atoms with Gasteiger partial charge in [0.2, 0.25) is 0 Å². The van der Waals surface area contributed by atoms with E-state index in [2.05, 4.69) is 5.10 Å². The van der Waals surface area contributed by atoms with E-state index in [-0.39, 0.29) is 18.5 Å². The molecule has 0 atom stereocenters. The molecule has 0 fully saturated rings. The number of carbonyl (C=O) groups is 1. The fraction of sp³-hybridized carbons (Fsp3) is 0.174. The molecule has 0 spiro atoms. The number of fused-ring (bicyclic) bond motifs is 1. The molecule has 0 saturated carbocycles. The van der Waals surface area contributed by atoms with Crippen LogP contribution in [0.4, 0.5) is 17.6 Å². The molecule has 2 aromatic carbocycles. The Kier molecular flexibility index (Phi) is 5.75. The van der Waals surface area contributed by atoms with Crippen LogP contribution in [-0.4, -0.2) is 25.4 Å². The lowest BCUT2D eigenvalue weighted by Gasteiger charge is -2.09. The lowest BCUT2D eigenvalue weighted by atomic mass is 10.1. The second kappa shape index (κ2) is 8.53. The molecule has 0 radical (unpaired) electrons. The molecule has 0 aliphatic heterocycles. The number of rotatable bonds is 6. The Bertz CT molecular complexity index is 1460. The van der Waals surface area contributed by atoms with Crippen LogP contribution < -0.4 is 5.56 Å². The Morgan fingerprint density at radius 2 is 1.73 bits per heavy atom. The summed E-state index contributed by atoms with van der Waals surface area (Å²) in [6.07, 6.45) is 0.124. The maximum Gasteiger partial charge on any atom is 0.323 e. The van der Waals surface area contributed by atoms with Gasteiger partial charge < -0.3 is 9.67 Å². The predicted molar refractivity (Wildman–Crippen MR) is 111 cm³/mol. The first kappa shape index (κ1) is 22.3. The third-order valence-corrected chi connectivity index (χ3v) is 5.40. The Hall–Kier alpha value is -3.95. The van der Waals surface area contributed by atoms with Gasteiger partial charge in [-0.25, -0.2) is 22.2 Å². The minimum atomic E-state index is -1.34. The standard InChI is InChI=1S/C23H17F4N3O3/c1-12-16(17-7-14(24)2-4-21(17)29(12)11-23(32)33)8-15-3-5-22(31)30(28-15)10-13-6-19(26)20(27)9-18(13)25/h2-7,9H,8,10-11H2,1H3,(H,32,33). The smallest absolute Gasteiger partial charge is 0.323 e. The number of benzene rings is 2. The first-order valence-electron chi connectivity index (χ1n) is 9.83. The van der Waals surface area contributed by atoms with Crippen molar-refractivity contribution in [2.45, 2.75) is 26.4 Å². The zero-order valence-corrected chi connectivity index (χ0v) is 17.3. The van der Waals surface area contributed by atoms with Gasteiger partial charge in [-0.15, -0.1) is 0 Å². The Labute approximate surface area is 184 Å². The molecule has 1 N–H and O–H groups in total. The predicted octanol–water partition coefficient (Wildman–Crippen LogP) is 3.79. The highest BCUT2D eigenvalue weighted by Crippen LogP contribution is 2.28. The van der Waals surface area contributed by atoms with Crippen molar-refractivity contribution in [2.24, 2.45) is 0 Å². The average molecular weight is 459 g/mol. The molecule has 2 aromatic heterocycles. The average Bonchev–Trinajstić information content (AvgIpc) is 2.99. The van der Waals surface area contributed by atoms with Gasteiger partial charge in [-0.2, -0.15) is 5.10 Å². The summed E-state index contributed by atoms with van der Waals surface area (Å²) in [4.78, 5) is 23.5. The largest absolute Gasteiger partial charge is 0.480 e. The third-order valence-electron chi connectivity index (χ3n) is 5.40. The van der Waals surface area contributed by atoms with Gasteiger partial charge >= 0.3 is 5.97 Å². The molecular weight excluding hydrogens is 442 g/mol. The highest BCUT2D eigenvalue weighted by atomic mass is 19.2. The minimum Gasteiger partial charge on any atom is -0.480 e. The number of hydrogen-bond acceptors (Lipinski definition) is 3. The molecule has 10 heteroatoms. The van der Waals surface area contributed by atoms with E-state index in [1.54, 1.807) is 11.5 Å². The highest BCUT2D eigenvalue weighted by molar-refractivity contribution is 5.87. The van der Waals surface area contributed by atoms with Crippen LogP contribution in [0, 0.1) is 30.2 Å². The number of nitrogens with zero attached hydrogens (tertiary/aromatic N) is 3. The van der Waals surface area contributed by atoms with E-state index < -0.39 is 41.3 Å². The monoisotopic (exact) mass is 459 g/mol. The lowest BCUT2D eigenvalue weighted by Crippen LogP contribution is -2.24. The zero-order valence-electron chi connectivity index (χ0n) is 17.3. The van der Waals surface area contributed by atoms with Crippen molar-refractivity contribution in [1.82, 2.24) is 14.3 Å². The number of hydrogen-bond donors (Lipinski definition) is 1. The van der Waals surface area contributed by atoms with Crippen LogP contribution in [0.15, 0.2) is 47.3 Å². The van der Waals surface area contributed by atoms with Crippen molar-refractivity contribution in [3.8, 4) is 0 Å². The van der Waals surface area contributed by atoms with Crippen LogP contribution in [0.2, 0.25) is 0 Å². The number of aliphatic carboxylic acids is 1. The molecule has 0 unspecified atom stereocenters. The van der Waals surface area contributed by atoms with E-state index in [1.807, 2.05) is 0 Å². The molecule has 4 aromatic rings. The topological polar surface area (TPSA) is 77.1 Å². The van der Waals surface area contributed by atoms with E-state index in [4.69, 9.17) is 0 Å². The van der Waals surface area contributed by atoms with Gasteiger partial charge in [0.1, 0.15) is 18.2 Å². The molecule has 0 aliphatic rings. The maximum absolute atomic E-state index is 14.0. The maximum atomic E-state index is 14.0. The minimum absolute atomic E-state index is 0.124. The first-order chi connectivity index (χ1) is 15.6. The summed E-state index contributed by atoms with van der Waals surface area (Å²) in [5, 5.41) is 13.9. The van der Waals surface area contributed by atoms with E-state index >= 15 is 0 Å². The van der Waals surface area contributed by atoms with Crippen molar-refractivity contribution in [1.29, 1.82) is 0 Å². The fourth-order valence-corrected chi connectivity index (χ4v) is 3.81. The van der Waals surface area contributed by atoms with Gasteiger partial charge in [0.05, 0.1) is 12.2 Å². The highest BCUT2D eigenvalue weighted by Gasteiger charge is 2.18. The second-order valence-corrected chi connectivity index (χ2v) is 7.56. The van der Waals surface area contributed by atoms with Gasteiger partial charge in [-0.3, -0.25) is 9.59 Å². The fourth-order valence-electron chi connectivity index (χ4n) is 3.81. The van der Waals surface area contributed by atoms with E-state index in [1.165, 1.54) is 30.3 Å². The van der Waals surface area contributed by atoms with Crippen LogP contribution in [0.1, 0.15) is 22.5 Å². The van der Waals surface area contributed by atoms with Crippen LogP contribution in [0.25, 0.3) is 10.9 Å². The Balaban J connectivity index is 1.74. The number of halogens is 4. The number of carboxylic acids is 1. The number of carboxylic acid groups (broad SMARTS) is 1. The molecule has 170 valence electrons. The molecule has 6 nitrogen and oxygen atoms in total. The van der Waals surface area contributed by atoms with E-state index in [0.29, 0.717) is 40.0 Å². The Morgan fingerprint density at radius 1 is 1.00 bits per heavy atom. The third kappa shape index (κ3) is 4.36. The number of aromatic nitrogens is 3. The summed E-state index contributed by atoms with van der Waals surface area (Å²) < 4.78 is 57.1. The summed E-state index contributed by atoms with van der Waals surface area (Å²) in [5.41, 5.74) is 1.25. The summed E-state index contributed by atoms with van der Waals surface area (Å²) >= 11 is 0. The molecule has 33 heavy (non-hydrogen) atoms. The van der Waals surface area contributed by atoms with Crippen LogP contribution in [0.3, 0.4) is 0 Å². The van der Waals surface area contributed by atoms with Crippen LogP contribution in [-0.2, 0) is 24.3 Å². The van der Waals surface area contributed by atoms with Crippen molar-refractivity contribution >= 4 is 16.9 Å². The SMILES string of the molecule is Cc1c(Cc2ccc(=O)n(Cc3cc(F)c(F)cc3F)n2)c2cc(F)ccc2n1CC(=O)O. The summed E-state index contributed by atoms with van der Waals surface area (Å²) in [6.45, 7) is 0.948. The van der Waals surface area contributed by atoms with Gasteiger partial charge in [0, 0.05) is 40.7 Å². The molecule has 0 aliphatic carbocycles. The molecular formula is C23H17F4N3O3. The first-order valence-corrected chi connectivity index (χ1v) is 9.83. The van der Waals surface area contributed by atoms with Gasteiger partial charge in [-0.05, 0) is 42.8 Å². The normalized spacial score (nSPS) is 11.3. The van der Waals surface area contributed by atoms with Gasteiger partial charge in [0.25, 0.3) is 5.56 Å². The molecule has 2 heterocycles. The van der Waals surface area contributed by atoms with Crippen molar-refractivity contribution in [3.05, 3.63) is 98.6 Å². The molecule has 0 saturated heterocycles. The molecule has 0 amide bonds. The summed E-state index contributed by atoms with van der Waals surface area (Å²) in [7, 11) is 0. The quantitative estimate of drug-likeness (QED) is 0.352. The van der Waals surface area contributed by atoms with Crippen LogP contribution >= 0.6 is 0 Å². The summed E-state index contributed by atoms with van der Waals surface area (Å²) in [6, 6.07) is 7.73. The molecule has 0 bridgehead atoms.